The zero-order valence-corrected chi connectivity index (χ0v) is 12.9. The largest absolute Gasteiger partial charge is 0.490 e. The first-order chi connectivity index (χ1) is 10.7. The second-order valence-electron chi connectivity index (χ2n) is 5.86. The van der Waals surface area contributed by atoms with Gasteiger partial charge in [0.1, 0.15) is 17.7 Å². The van der Waals surface area contributed by atoms with Crippen LogP contribution in [-0.2, 0) is 17.6 Å². The highest BCUT2D eigenvalue weighted by molar-refractivity contribution is 5.67. The molecule has 1 aromatic rings. The highest BCUT2D eigenvalue weighted by atomic mass is 19.1. The topological polar surface area (TPSA) is 38.8 Å². The van der Waals surface area contributed by atoms with E-state index >= 15 is 0 Å². The molecule has 22 heavy (non-hydrogen) atoms. The van der Waals surface area contributed by atoms with E-state index in [9.17, 15) is 9.18 Å². The van der Waals surface area contributed by atoms with Gasteiger partial charge in [-0.3, -0.25) is 0 Å². The van der Waals surface area contributed by atoms with E-state index in [-0.39, 0.29) is 18.0 Å². The first-order valence-electron chi connectivity index (χ1n) is 8.07. The fraction of sp³-hybridized carbons (Fsp3) is 0.588. The Balaban J connectivity index is 1.60. The molecule has 4 nitrogen and oxygen atoms in total. The maximum absolute atomic E-state index is 13.7. The molecule has 1 fully saturated rings. The Kier molecular flexibility index (Phi) is 4.50. The van der Waals surface area contributed by atoms with Crippen molar-refractivity contribution in [2.75, 3.05) is 19.7 Å². The van der Waals surface area contributed by atoms with E-state index in [1.807, 2.05) is 6.92 Å². The van der Waals surface area contributed by atoms with Crippen molar-refractivity contribution in [3.8, 4) is 5.75 Å². The fourth-order valence-electron chi connectivity index (χ4n) is 3.29. The van der Waals surface area contributed by atoms with Crippen LogP contribution in [0.4, 0.5) is 9.18 Å². The summed E-state index contributed by atoms with van der Waals surface area (Å²) in [6, 6.07) is 3.25. The number of hydrogen-bond donors (Lipinski definition) is 0. The molecule has 1 aromatic carbocycles. The van der Waals surface area contributed by atoms with Gasteiger partial charge in [0.2, 0.25) is 0 Å². The van der Waals surface area contributed by atoms with Gasteiger partial charge >= 0.3 is 6.09 Å². The number of piperidine rings is 1. The molecule has 0 unspecified atom stereocenters. The zero-order chi connectivity index (χ0) is 15.5. The quantitative estimate of drug-likeness (QED) is 0.860. The van der Waals surface area contributed by atoms with Crippen LogP contribution in [0.25, 0.3) is 0 Å². The molecular formula is C17H22FNO3. The smallest absolute Gasteiger partial charge is 0.409 e. The normalized spacial score (nSPS) is 18.2. The summed E-state index contributed by atoms with van der Waals surface area (Å²) < 4.78 is 24.9. The van der Waals surface area contributed by atoms with Crippen LogP contribution in [-0.4, -0.2) is 36.8 Å². The second kappa shape index (κ2) is 6.55. The first-order valence-corrected chi connectivity index (χ1v) is 8.07. The van der Waals surface area contributed by atoms with Crippen LogP contribution in [0.15, 0.2) is 12.1 Å². The van der Waals surface area contributed by atoms with E-state index in [0.29, 0.717) is 19.7 Å². The second-order valence-corrected chi connectivity index (χ2v) is 5.86. The van der Waals surface area contributed by atoms with Gasteiger partial charge in [-0.15, -0.1) is 0 Å². The maximum Gasteiger partial charge on any atom is 0.409 e. The molecular weight excluding hydrogens is 285 g/mol. The van der Waals surface area contributed by atoms with Crippen LogP contribution in [0.5, 0.6) is 5.75 Å². The highest BCUT2D eigenvalue weighted by Crippen LogP contribution is 2.34. The molecule has 0 N–H and O–H groups in total. The Morgan fingerprint density at radius 2 is 2.00 bits per heavy atom. The van der Waals surface area contributed by atoms with Crippen LogP contribution in [0.1, 0.15) is 37.3 Å². The third kappa shape index (κ3) is 3.03. The lowest BCUT2D eigenvalue weighted by molar-refractivity contribution is 0.0700. The Morgan fingerprint density at radius 1 is 1.27 bits per heavy atom. The number of fused-ring (bicyclic) bond motifs is 1. The molecule has 1 saturated heterocycles. The van der Waals surface area contributed by atoms with Crippen LogP contribution in [0.3, 0.4) is 0 Å². The molecule has 1 heterocycles. The van der Waals surface area contributed by atoms with Crippen LogP contribution >= 0.6 is 0 Å². The van der Waals surface area contributed by atoms with Gasteiger partial charge in [0, 0.05) is 31.5 Å². The molecule has 0 spiro atoms. The van der Waals surface area contributed by atoms with E-state index in [1.54, 1.807) is 11.0 Å². The summed E-state index contributed by atoms with van der Waals surface area (Å²) >= 11 is 0. The van der Waals surface area contributed by atoms with Gasteiger partial charge in [-0.25, -0.2) is 9.18 Å². The van der Waals surface area contributed by atoms with E-state index in [4.69, 9.17) is 9.47 Å². The number of likely N-dealkylation sites (tertiary alicyclic amines) is 1. The fourth-order valence-corrected chi connectivity index (χ4v) is 3.29. The van der Waals surface area contributed by atoms with E-state index < -0.39 is 0 Å². The summed E-state index contributed by atoms with van der Waals surface area (Å²) in [5, 5.41) is 0. The average molecular weight is 307 g/mol. The van der Waals surface area contributed by atoms with Crippen molar-refractivity contribution in [1.29, 1.82) is 0 Å². The molecule has 0 atom stereocenters. The minimum absolute atomic E-state index is 0.0841. The molecule has 120 valence electrons. The lowest BCUT2D eigenvalue weighted by Gasteiger charge is -2.31. The van der Waals surface area contributed by atoms with Crippen molar-refractivity contribution in [1.82, 2.24) is 4.90 Å². The van der Waals surface area contributed by atoms with Crippen molar-refractivity contribution in [2.45, 2.75) is 45.1 Å². The van der Waals surface area contributed by atoms with Crippen molar-refractivity contribution in [3.63, 3.8) is 0 Å². The molecule has 1 aliphatic carbocycles. The van der Waals surface area contributed by atoms with Gasteiger partial charge in [-0.05, 0) is 43.9 Å². The SMILES string of the molecule is CCOC(=O)N1CCC(Oc2ccc(F)c3c2CCC3)CC1. The molecule has 3 rings (SSSR count). The number of benzene rings is 1. The van der Waals surface area contributed by atoms with Gasteiger partial charge in [0.25, 0.3) is 0 Å². The average Bonchev–Trinajstić information content (AvgIpc) is 3.02. The monoisotopic (exact) mass is 307 g/mol. The number of carbonyl (C=O) groups is 1. The lowest BCUT2D eigenvalue weighted by Crippen LogP contribution is -2.42. The number of ether oxygens (including phenoxy) is 2. The number of nitrogens with zero attached hydrogens (tertiary/aromatic N) is 1. The Labute approximate surface area is 130 Å². The Morgan fingerprint density at radius 3 is 2.73 bits per heavy atom. The zero-order valence-electron chi connectivity index (χ0n) is 12.9. The van der Waals surface area contributed by atoms with Crippen molar-refractivity contribution in [3.05, 3.63) is 29.1 Å². The van der Waals surface area contributed by atoms with Crippen LogP contribution in [0, 0.1) is 5.82 Å². The number of halogens is 1. The van der Waals surface area contributed by atoms with Gasteiger partial charge in [-0.1, -0.05) is 0 Å². The third-order valence-corrected chi connectivity index (χ3v) is 4.45. The molecule has 0 bridgehead atoms. The number of amides is 1. The maximum atomic E-state index is 13.7. The molecule has 0 saturated carbocycles. The summed E-state index contributed by atoms with van der Waals surface area (Å²) in [6.07, 6.45) is 4.10. The lowest BCUT2D eigenvalue weighted by atomic mass is 10.1. The molecule has 0 aromatic heterocycles. The van der Waals surface area contributed by atoms with E-state index in [2.05, 4.69) is 0 Å². The first kappa shape index (κ1) is 15.1. The summed E-state index contributed by atoms with van der Waals surface area (Å²) in [7, 11) is 0. The number of carbonyl (C=O) groups excluding carboxylic acids is 1. The van der Waals surface area contributed by atoms with Crippen LogP contribution < -0.4 is 4.74 Å². The molecule has 5 heteroatoms. The highest BCUT2D eigenvalue weighted by Gasteiger charge is 2.26. The summed E-state index contributed by atoms with van der Waals surface area (Å²) in [4.78, 5) is 13.4. The summed E-state index contributed by atoms with van der Waals surface area (Å²) in [5.41, 5.74) is 1.86. The Hall–Kier alpha value is -1.78. The van der Waals surface area contributed by atoms with E-state index in [0.717, 1.165) is 49.0 Å². The molecule has 1 amide bonds. The predicted molar refractivity (Wildman–Crippen MR) is 80.7 cm³/mol. The standard InChI is InChI=1S/C17H22FNO3/c1-2-21-17(20)19-10-8-12(9-11-19)22-16-7-6-15(18)13-4-3-5-14(13)16/h6-7,12H,2-5,8-11H2,1H3. The van der Waals surface area contributed by atoms with Crippen molar-refractivity contribution in [2.24, 2.45) is 0 Å². The molecule has 0 radical (unpaired) electrons. The number of rotatable bonds is 3. The van der Waals surface area contributed by atoms with Gasteiger partial charge in [0.15, 0.2) is 0 Å². The molecule has 2 aliphatic rings. The minimum atomic E-state index is -0.247. The molecule has 1 aliphatic heterocycles. The van der Waals surface area contributed by atoms with Gasteiger partial charge < -0.3 is 14.4 Å². The van der Waals surface area contributed by atoms with Crippen LogP contribution in [0.2, 0.25) is 0 Å². The summed E-state index contributed by atoms with van der Waals surface area (Å²) in [5.74, 6) is 0.709. The van der Waals surface area contributed by atoms with Crippen molar-refractivity contribution < 1.29 is 18.7 Å². The van der Waals surface area contributed by atoms with Gasteiger partial charge in [0.05, 0.1) is 6.61 Å². The number of hydrogen-bond acceptors (Lipinski definition) is 3. The predicted octanol–water partition coefficient (Wildman–Crippen LogP) is 3.31. The third-order valence-electron chi connectivity index (χ3n) is 4.45. The Bertz CT molecular complexity index is 553. The van der Waals surface area contributed by atoms with Gasteiger partial charge in [-0.2, -0.15) is 0 Å². The van der Waals surface area contributed by atoms with Crippen molar-refractivity contribution >= 4 is 6.09 Å². The summed E-state index contributed by atoms with van der Waals surface area (Å²) in [6.45, 7) is 3.50. The minimum Gasteiger partial charge on any atom is -0.490 e. The van der Waals surface area contributed by atoms with E-state index in [1.165, 1.54) is 6.07 Å².